The smallest absolute Gasteiger partial charge is 0.269 e. The molecule has 15 rings (SSSR count). The van der Waals surface area contributed by atoms with Gasteiger partial charge in [0.25, 0.3) is 6.33 Å². The summed E-state index contributed by atoms with van der Waals surface area (Å²) < 4.78 is 159. The Hall–Kier alpha value is -9.36. The summed E-state index contributed by atoms with van der Waals surface area (Å²) >= 11 is 0. The van der Waals surface area contributed by atoms with Crippen LogP contribution in [-0.4, -0.2) is 22.2 Å². The lowest BCUT2D eigenvalue weighted by atomic mass is 9.62. The molecule has 6 heteroatoms. The minimum Gasteiger partial charge on any atom is -0.458 e. The number of pyridine rings is 1. The molecule has 0 unspecified atom stereocenters. The molecule has 0 saturated heterocycles. The van der Waals surface area contributed by atoms with Crippen molar-refractivity contribution in [1.82, 2.24) is 14.1 Å². The van der Waals surface area contributed by atoms with Crippen LogP contribution in [0, 0.1) is 6.33 Å². The van der Waals surface area contributed by atoms with E-state index in [0.717, 1.165) is 85.1 Å². The van der Waals surface area contributed by atoms with Gasteiger partial charge in [0.2, 0.25) is 0 Å². The maximum absolute atomic E-state index is 10.2. The van der Waals surface area contributed by atoms with Crippen LogP contribution in [-0.2, 0) is 27.1 Å². The summed E-state index contributed by atoms with van der Waals surface area (Å²) in [5.74, 6) is 1.64. The van der Waals surface area contributed by atoms with Gasteiger partial charge in [-0.1, -0.05) is 260 Å². The number of ether oxygens (including phenoxy) is 1. The number of aromatic nitrogens is 4. The third kappa shape index (κ3) is 9.61. The third-order valence-corrected chi connectivity index (χ3v) is 23.6. The first kappa shape index (κ1) is 44.2. The van der Waals surface area contributed by atoms with Gasteiger partial charge in [0.15, 0.2) is 8.07 Å². The Labute approximate surface area is 565 Å². The van der Waals surface area contributed by atoms with Crippen LogP contribution < -0.4 is 30.1 Å². The number of imidazole rings is 1. The average Bonchev–Trinajstić information content (AvgIpc) is 1.55. The minimum atomic E-state index is -5.81. The van der Waals surface area contributed by atoms with Gasteiger partial charge in [0.05, 0.1) is 54.0 Å². The van der Waals surface area contributed by atoms with Gasteiger partial charge < -0.3 is 4.74 Å². The fourth-order valence-electron chi connectivity index (χ4n) is 14.3. The predicted octanol–water partition coefficient (Wildman–Crippen LogP) is 18.9. The Kier molecular flexibility index (Phi) is 10.3. The minimum absolute atomic E-state index is 0.0453. The van der Waals surface area contributed by atoms with E-state index in [1.165, 1.54) is 11.1 Å². The van der Waals surface area contributed by atoms with Gasteiger partial charge in [-0.05, 0) is 176 Å². The van der Waals surface area contributed by atoms with E-state index in [1.807, 2.05) is 89.6 Å². The van der Waals surface area contributed by atoms with Crippen LogP contribution in [0.3, 0.4) is 0 Å². The molecule has 0 spiro atoms. The van der Waals surface area contributed by atoms with Crippen molar-refractivity contribution >= 4 is 61.7 Å². The van der Waals surface area contributed by atoms with Crippen molar-refractivity contribution in [3.8, 4) is 62.1 Å². The molecule has 0 radical (unpaired) electrons. The van der Waals surface area contributed by atoms with E-state index in [0.29, 0.717) is 39.3 Å². The largest absolute Gasteiger partial charge is 0.458 e. The van der Waals surface area contributed by atoms with Crippen LogP contribution in [0.15, 0.2) is 236 Å². The van der Waals surface area contributed by atoms with E-state index in [9.17, 15) is 16.4 Å². The standard InChI is InChI=1S/C86H82N4OSi/c1-82(2,3)56-42-45-87-79(48-56)90-76-39-26-25-38-67(76)68-41-40-60(50-77(68)90)91-59-29-27-28-58(49-59)88-55-89-80-71(46-57(83(4,5)6)47-75(80)84(7,8)9)70-54-74-73(85(10,11)43-44-86(74,12)13)53-69(70)65-36-23-24-37-66(65)72-51-64(52-78(88)81(72)89)92(61-30-17-14-18-31-61,62-32-19-15-20-33-62)63-34-21-16-22-35-63/h14-42,45-54H,43-44H2,1-13H3/i14D,15D,16D,17D,18D,19D,20D,21D,22D,30D,31D,32D,33D,34D,35D. The molecule has 1 aliphatic heterocycles. The molecule has 92 heavy (non-hydrogen) atoms. The molecule has 5 nitrogen and oxygen atoms in total. The first-order valence-electron chi connectivity index (χ1n) is 39.2. The quantitative estimate of drug-likeness (QED) is 0.0658. The summed E-state index contributed by atoms with van der Waals surface area (Å²) in [6.45, 7) is 28.9. The monoisotopic (exact) mass is 1230 g/mol. The van der Waals surface area contributed by atoms with Crippen molar-refractivity contribution in [3.05, 3.63) is 271 Å². The first-order valence-corrected chi connectivity index (χ1v) is 33.7. The molecular formula is C86H82N4OSi. The molecule has 0 amide bonds. The van der Waals surface area contributed by atoms with Crippen molar-refractivity contribution in [1.29, 1.82) is 0 Å². The van der Waals surface area contributed by atoms with Crippen molar-refractivity contribution in [2.75, 3.05) is 0 Å². The molecule has 3 aromatic heterocycles. The van der Waals surface area contributed by atoms with E-state index < -0.39 is 120 Å². The van der Waals surface area contributed by atoms with E-state index in [4.69, 9.17) is 13.8 Å². The number of hydrogen-bond acceptors (Lipinski definition) is 2. The molecule has 456 valence electrons. The third-order valence-electron chi connectivity index (χ3n) is 19.4. The van der Waals surface area contributed by atoms with Gasteiger partial charge in [-0.3, -0.25) is 13.7 Å². The highest BCUT2D eigenvalue weighted by Crippen LogP contribution is 2.53. The molecule has 0 fully saturated rings. The predicted molar refractivity (Wildman–Crippen MR) is 387 cm³/mol. The van der Waals surface area contributed by atoms with Gasteiger partial charge in [-0.2, -0.15) is 0 Å². The Morgan fingerprint density at radius 1 is 0.478 bits per heavy atom. The van der Waals surface area contributed by atoms with Crippen molar-refractivity contribution in [2.24, 2.45) is 0 Å². The molecule has 0 bridgehead atoms. The molecule has 2 aliphatic rings. The highest BCUT2D eigenvalue weighted by Gasteiger charge is 2.44. The van der Waals surface area contributed by atoms with Gasteiger partial charge >= 0.3 is 0 Å². The summed E-state index contributed by atoms with van der Waals surface area (Å²) in [4.78, 5) is 4.93. The zero-order valence-corrected chi connectivity index (χ0v) is 55.5. The summed E-state index contributed by atoms with van der Waals surface area (Å²) in [5, 5.41) is 0.176. The van der Waals surface area contributed by atoms with Gasteiger partial charge in [-0.25, -0.2) is 4.98 Å². The molecule has 13 aromatic rings. The first-order chi connectivity index (χ1) is 50.2. The Balaban J connectivity index is 1.15. The van der Waals surface area contributed by atoms with Crippen LogP contribution in [0.1, 0.15) is 151 Å². The molecule has 10 aromatic carbocycles. The highest BCUT2D eigenvalue weighted by molar-refractivity contribution is 7.20. The lowest BCUT2D eigenvalue weighted by Gasteiger charge is -2.43. The number of fused-ring (bicyclic) bond motifs is 11. The zero-order valence-electron chi connectivity index (χ0n) is 69.5. The molecule has 0 atom stereocenters. The van der Waals surface area contributed by atoms with Crippen molar-refractivity contribution < 1.29 is 29.9 Å². The normalized spacial score (nSPS) is 16.7. The van der Waals surface area contributed by atoms with Gasteiger partial charge in [0, 0.05) is 23.0 Å². The number of rotatable bonds is 8. The van der Waals surface area contributed by atoms with Gasteiger partial charge in [0.1, 0.15) is 17.3 Å². The lowest BCUT2D eigenvalue weighted by Crippen LogP contribution is -2.74. The Bertz CT molecular complexity index is 5780. The fourth-order valence-corrected chi connectivity index (χ4v) is 18.1. The van der Waals surface area contributed by atoms with Crippen LogP contribution in [0.4, 0.5) is 0 Å². The van der Waals surface area contributed by atoms with Gasteiger partial charge in [-0.15, -0.1) is 0 Å². The molecule has 4 heterocycles. The van der Waals surface area contributed by atoms with E-state index in [2.05, 4.69) is 154 Å². The van der Waals surface area contributed by atoms with Crippen LogP contribution in [0.5, 0.6) is 11.5 Å². The number of nitrogens with zero attached hydrogens (tertiary/aromatic N) is 4. The number of hydrogen-bond donors (Lipinski definition) is 0. The highest BCUT2D eigenvalue weighted by atomic mass is 28.3. The SMILES string of the molecule is [2H]c1c([2H])c([2H])c([Si](c2cc3c4c(c2)n(-c2cccc(Oc5ccc6c7ccccc7n(-c7cc(C(C)(C)C)ccn7)c6c5)c2)[c-][n+]4-c2c(cc(C(C)(C)C)cc2C(C)(C)C)-c2cc4c(cc2-c2ccccc2-3)C(C)(C)CCC4(C)C)(c2c([2H])c([2H])c([2H])c([2H])c2[2H])c2c([2H])c([2H])c([2H])c([2H])c2[2H])c([2H])c1[2H]. The maximum Gasteiger partial charge on any atom is 0.269 e. The zero-order chi connectivity index (χ0) is 76.9. The number of para-hydroxylation sites is 1. The number of benzene rings is 10. The van der Waals surface area contributed by atoms with Crippen molar-refractivity contribution in [2.45, 2.75) is 130 Å². The molecule has 0 N–H and O–H groups in total. The van der Waals surface area contributed by atoms with Crippen LogP contribution in [0.2, 0.25) is 0 Å². The second kappa shape index (κ2) is 21.4. The fraction of sp³-hybridized carbons (Fsp3) is 0.233. The average molecular weight is 1230 g/mol. The molecular weight excluding hydrogens is 1130 g/mol. The maximum atomic E-state index is 10.2. The second-order valence-corrected chi connectivity index (χ2v) is 33.0. The summed E-state index contributed by atoms with van der Waals surface area (Å²) in [6.07, 6.45) is 7.62. The van der Waals surface area contributed by atoms with E-state index >= 15 is 0 Å². The topological polar surface area (TPSA) is 35.9 Å². The Morgan fingerprint density at radius 2 is 1.04 bits per heavy atom. The lowest BCUT2D eigenvalue weighted by molar-refractivity contribution is -0.572. The van der Waals surface area contributed by atoms with E-state index in [1.54, 1.807) is 12.1 Å². The molecule has 1 aliphatic carbocycles. The van der Waals surface area contributed by atoms with Crippen LogP contribution in [0.25, 0.3) is 83.4 Å². The summed E-state index contributed by atoms with van der Waals surface area (Å²) in [5.41, 5.74) is 12.3. The van der Waals surface area contributed by atoms with E-state index in [-0.39, 0.29) is 26.8 Å². The van der Waals surface area contributed by atoms with Crippen molar-refractivity contribution in [3.63, 3.8) is 0 Å². The second-order valence-electron chi connectivity index (χ2n) is 29.4. The molecule has 0 saturated carbocycles. The summed E-state index contributed by atoms with van der Waals surface area (Å²) in [7, 11) is -5.81. The Morgan fingerprint density at radius 3 is 1.65 bits per heavy atom. The summed E-state index contributed by atoms with van der Waals surface area (Å²) in [6, 6.07) is 33.7. The van der Waals surface area contributed by atoms with Crippen LogP contribution >= 0.6 is 0 Å².